The largest absolute Gasteiger partial charge is 0.448 e. The molecule has 0 aliphatic carbocycles. The van der Waals surface area contributed by atoms with E-state index in [9.17, 15) is 13.6 Å². The fraction of sp³-hybridized carbons (Fsp3) is 0.786. The Kier molecular flexibility index (Phi) is 16.0. The lowest BCUT2D eigenvalue weighted by atomic mass is 10.1. The van der Waals surface area contributed by atoms with Crippen molar-refractivity contribution in [3.63, 3.8) is 0 Å². The van der Waals surface area contributed by atoms with Crippen molar-refractivity contribution in [1.82, 2.24) is 3.71 Å². The van der Waals surface area contributed by atoms with Crippen LogP contribution in [0.3, 0.4) is 0 Å². The summed E-state index contributed by atoms with van der Waals surface area (Å²) in [5, 5.41) is 0. The molecule has 0 radical (unpaired) electrons. The number of unbranched alkanes of at least 4 members (excludes halogenated alkanes) is 3. The number of carbonyl (C=O) groups excluding carboxylic acids is 1. The van der Waals surface area contributed by atoms with Gasteiger partial charge in [-0.3, -0.25) is 0 Å². The van der Waals surface area contributed by atoms with Crippen LogP contribution in [-0.4, -0.2) is 27.9 Å². The van der Waals surface area contributed by atoms with Crippen LogP contribution in [0.2, 0.25) is 0 Å². The molecule has 3 nitrogen and oxygen atoms in total. The Labute approximate surface area is 154 Å². The molecule has 0 aliphatic rings. The van der Waals surface area contributed by atoms with Crippen molar-refractivity contribution in [3.8, 4) is 0 Å². The van der Waals surface area contributed by atoms with E-state index in [-0.39, 0.29) is 11.7 Å². The number of rotatable bonds is 13. The standard InChI is InChI=1S/C14H25F2NO2S4/c1-4-20-22-17(23-21-5-2)14(18)19-11-9-7-6-8-10-12(3)13(15)16/h4-11H2,1-3H3. The Morgan fingerprint density at radius 2 is 1.57 bits per heavy atom. The van der Waals surface area contributed by atoms with Crippen LogP contribution in [0, 0.1) is 0 Å². The van der Waals surface area contributed by atoms with E-state index in [1.807, 2.05) is 13.8 Å². The Hall–Kier alpha value is 0.270. The topological polar surface area (TPSA) is 29.5 Å². The number of hydrogen-bond donors (Lipinski definition) is 0. The third-order valence-electron chi connectivity index (χ3n) is 2.62. The molecule has 136 valence electrons. The van der Waals surface area contributed by atoms with E-state index in [1.54, 1.807) is 25.3 Å². The first kappa shape index (κ1) is 23.3. The molecule has 0 spiro atoms. The molecule has 0 saturated carbocycles. The van der Waals surface area contributed by atoms with Gasteiger partial charge in [-0.25, -0.2) is 4.79 Å². The maximum absolute atomic E-state index is 12.2. The molecule has 0 fully saturated rings. The van der Waals surface area contributed by atoms with Crippen molar-refractivity contribution >= 4 is 49.6 Å². The molecule has 9 heteroatoms. The van der Waals surface area contributed by atoms with E-state index >= 15 is 0 Å². The van der Waals surface area contributed by atoms with Gasteiger partial charge in [0.05, 0.1) is 6.61 Å². The summed E-state index contributed by atoms with van der Waals surface area (Å²) in [6, 6.07) is 0. The lowest BCUT2D eigenvalue weighted by Gasteiger charge is -2.17. The molecule has 0 rings (SSSR count). The van der Waals surface area contributed by atoms with Crippen LogP contribution in [0.4, 0.5) is 13.6 Å². The van der Waals surface area contributed by atoms with Crippen molar-refractivity contribution in [3.05, 3.63) is 11.7 Å². The normalized spacial score (nSPS) is 10.5. The number of allylic oxidation sites excluding steroid dienone is 1. The number of ether oxygens (including phenoxy) is 1. The van der Waals surface area contributed by atoms with Crippen molar-refractivity contribution in [1.29, 1.82) is 0 Å². The Morgan fingerprint density at radius 3 is 2.09 bits per heavy atom. The summed E-state index contributed by atoms with van der Waals surface area (Å²) in [6.45, 7) is 5.90. The Bertz CT molecular complexity index is 348. The van der Waals surface area contributed by atoms with E-state index in [0.717, 1.165) is 37.2 Å². The lowest BCUT2D eigenvalue weighted by molar-refractivity contribution is 0.140. The maximum Gasteiger partial charge on any atom is 0.431 e. The van der Waals surface area contributed by atoms with Crippen LogP contribution >= 0.6 is 43.5 Å². The quantitative estimate of drug-likeness (QED) is 0.183. The maximum atomic E-state index is 12.2. The minimum Gasteiger partial charge on any atom is -0.448 e. The van der Waals surface area contributed by atoms with Gasteiger partial charge in [0.1, 0.15) is 0 Å². The van der Waals surface area contributed by atoms with E-state index in [2.05, 4.69) is 0 Å². The van der Waals surface area contributed by atoms with Gasteiger partial charge in [0.25, 0.3) is 6.08 Å². The zero-order valence-corrected chi connectivity index (χ0v) is 17.1. The summed E-state index contributed by atoms with van der Waals surface area (Å²) in [7, 11) is 5.96. The second kappa shape index (κ2) is 15.8. The van der Waals surface area contributed by atoms with Gasteiger partial charge in [0, 0.05) is 33.5 Å². The van der Waals surface area contributed by atoms with Gasteiger partial charge in [0.15, 0.2) is 0 Å². The van der Waals surface area contributed by atoms with Crippen LogP contribution < -0.4 is 0 Å². The molecule has 0 aliphatic heterocycles. The molecule has 0 N–H and O–H groups in total. The highest BCUT2D eigenvalue weighted by molar-refractivity contribution is 8.83. The second-order valence-corrected chi connectivity index (χ2v) is 9.73. The third-order valence-corrected chi connectivity index (χ3v) is 7.83. The van der Waals surface area contributed by atoms with Crippen molar-refractivity contribution in [2.75, 3.05) is 18.1 Å². The van der Waals surface area contributed by atoms with E-state index in [0.29, 0.717) is 13.0 Å². The van der Waals surface area contributed by atoms with Crippen LogP contribution in [0.25, 0.3) is 0 Å². The van der Waals surface area contributed by atoms with Crippen LogP contribution in [-0.2, 0) is 4.74 Å². The van der Waals surface area contributed by atoms with Gasteiger partial charge < -0.3 is 4.74 Å². The summed E-state index contributed by atoms with van der Waals surface area (Å²) in [6.07, 6.45) is 1.79. The zero-order valence-electron chi connectivity index (χ0n) is 13.8. The summed E-state index contributed by atoms with van der Waals surface area (Å²) in [5.74, 6) is 1.83. The predicted octanol–water partition coefficient (Wildman–Crippen LogP) is 7.18. The SMILES string of the molecule is CCSSN(SSCC)C(=O)OCCCCCCC(C)=C(F)F. The van der Waals surface area contributed by atoms with E-state index < -0.39 is 6.08 Å². The van der Waals surface area contributed by atoms with Gasteiger partial charge in [-0.15, -0.1) is 0 Å². The minimum absolute atomic E-state index is 0.169. The van der Waals surface area contributed by atoms with Gasteiger partial charge in [-0.1, -0.05) is 48.3 Å². The number of nitrogens with zero attached hydrogens (tertiary/aromatic N) is 1. The summed E-state index contributed by atoms with van der Waals surface area (Å²) in [4.78, 5) is 12.0. The Balaban J connectivity index is 3.79. The monoisotopic (exact) mass is 405 g/mol. The average molecular weight is 406 g/mol. The first-order valence-corrected chi connectivity index (χ1v) is 12.1. The highest BCUT2D eigenvalue weighted by Gasteiger charge is 2.17. The molecule has 1 amide bonds. The van der Waals surface area contributed by atoms with Gasteiger partial charge >= 0.3 is 6.09 Å². The average Bonchev–Trinajstić information content (AvgIpc) is 2.53. The van der Waals surface area contributed by atoms with Crippen LogP contribution in [0.1, 0.15) is 52.9 Å². The molecule has 23 heavy (non-hydrogen) atoms. The molecule has 0 unspecified atom stereocenters. The van der Waals surface area contributed by atoms with Gasteiger partial charge in [-0.2, -0.15) is 12.5 Å². The van der Waals surface area contributed by atoms with E-state index in [1.165, 1.54) is 28.9 Å². The summed E-state index contributed by atoms with van der Waals surface area (Å²) >= 11 is 0. The van der Waals surface area contributed by atoms with E-state index in [4.69, 9.17) is 4.74 Å². The lowest BCUT2D eigenvalue weighted by Crippen LogP contribution is -2.17. The first-order chi connectivity index (χ1) is 11.0. The molecule has 0 heterocycles. The highest BCUT2D eigenvalue weighted by atomic mass is 33.1. The smallest absolute Gasteiger partial charge is 0.431 e. The molecule has 0 saturated heterocycles. The van der Waals surface area contributed by atoms with Crippen molar-refractivity contribution in [2.24, 2.45) is 0 Å². The first-order valence-electron chi connectivity index (χ1n) is 7.59. The van der Waals surface area contributed by atoms with Gasteiger partial charge in [-0.05, 0) is 31.8 Å². The minimum atomic E-state index is -1.57. The van der Waals surface area contributed by atoms with Crippen LogP contribution in [0.15, 0.2) is 11.7 Å². The Morgan fingerprint density at radius 1 is 1.00 bits per heavy atom. The van der Waals surface area contributed by atoms with Gasteiger partial charge in [0.2, 0.25) is 0 Å². The third kappa shape index (κ3) is 13.3. The molecule has 0 aromatic rings. The fourth-order valence-electron chi connectivity index (χ4n) is 1.43. The number of halogens is 2. The number of hydrogen-bond acceptors (Lipinski definition) is 6. The summed E-state index contributed by atoms with van der Waals surface area (Å²) < 4.78 is 31.2. The molecule has 0 bridgehead atoms. The number of amides is 1. The second-order valence-electron chi connectivity index (χ2n) is 4.54. The fourth-order valence-corrected chi connectivity index (χ4v) is 5.40. The van der Waals surface area contributed by atoms with Crippen LogP contribution in [0.5, 0.6) is 0 Å². The molecular formula is C14H25F2NO2S4. The van der Waals surface area contributed by atoms with Crippen molar-refractivity contribution < 1.29 is 18.3 Å². The molecule has 0 aromatic carbocycles. The molecular weight excluding hydrogens is 380 g/mol. The summed E-state index contributed by atoms with van der Waals surface area (Å²) in [5.41, 5.74) is 0.169. The number of carbonyl (C=O) groups is 1. The zero-order chi connectivity index (χ0) is 17.5. The predicted molar refractivity (Wildman–Crippen MR) is 103 cm³/mol. The molecule has 0 aromatic heterocycles. The highest BCUT2D eigenvalue weighted by Crippen LogP contribution is 2.38. The van der Waals surface area contributed by atoms with Crippen molar-refractivity contribution in [2.45, 2.75) is 52.9 Å². The molecule has 0 atom stereocenters.